The fraction of sp³-hybridized carbons (Fsp3) is 0.368. The van der Waals surface area contributed by atoms with Crippen molar-refractivity contribution in [3.05, 3.63) is 59.5 Å². The molecule has 0 saturated carbocycles. The molecule has 0 radical (unpaired) electrons. The quantitative estimate of drug-likeness (QED) is 0.810. The Morgan fingerprint density at radius 3 is 2.67 bits per heavy atom. The predicted molar refractivity (Wildman–Crippen MR) is 99.6 cm³/mol. The molecule has 1 fully saturated rings. The van der Waals surface area contributed by atoms with E-state index < -0.39 is 21.8 Å². The van der Waals surface area contributed by atoms with Crippen LogP contribution >= 0.6 is 0 Å². The van der Waals surface area contributed by atoms with E-state index in [9.17, 15) is 18.0 Å². The third-order valence-corrected chi connectivity index (χ3v) is 5.15. The average molecular weight is 390 g/mol. The number of rotatable bonds is 6. The van der Waals surface area contributed by atoms with Crippen LogP contribution in [-0.4, -0.2) is 44.0 Å². The molecule has 1 atom stereocenters. The summed E-state index contributed by atoms with van der Waals surface area (Å²) in [6.45, 7) is 1.16. The SMILES string of the molecule is CS(=O)(=O)Cc1ccc(C(=O)NC2CCCN(Cc3ccccc3)C2=O)o1. The zero-order valence-electron chi connectivity index (χ0n) is 15.1. The van der Waals surface area contributed by atoms with E-state index >= 15 is 0 Å². The largest absolute Gasteiger partial charge is 0.455 e. The van der Waals surface area contributed by atoms with Gasteiger partial charge in [0.05, 0.1) is 0 Å². The van der Waals surface area contributed by atoms with Gasteiger partial charge in [0, 0.05) is 19.3 Å². The molecule has 0 bridgehead atoms. The van der Waals surface area contributed by atoms with Crippen molar-refractivity contribution in [2.45, 2.75) is 31.2 Å². The topological polar surface area (TPSA) is 96.7 Å². The molecule has 2 heterocycles. The van der Waals surface area contributed by atoms with Crippen molar-refractivity contribution in [2.24, 2.45) is 0 Å². The molecule has 1 unspecified atom stereocenters. The third kappa shape index (κ3) is 5.19. The van der Waals surface area contributed by atoms with E-state index in [0.717, 1.165) is 18.2 Å². The maximum absolute atomic E-state index is 12.7. The van der Waals surface area contributed by atoms with Crippen LogP contribution in [-0.2, 0) is 26.9 Å². The monoisotopic (exact) mass is 390 g/mol. The summed E-state index contributed by atoms with van der Waals surface area (Å²) in [5, 5.41) is 2.70. The standard InChI is InChI=1S/C19H22N2O5S/c1-27(24,25)13-15-9-10-17(26-15)18(22)20-16-8-5-11-21(19(16)23)12-14-6-3-2-4-7-14/h2-4,6-7,9-10,16H,5,8,11-13H2,1H3,(H,20,22). The van der Waals surface area contributed by atoms with Crippen molar-refractivity contribution in [2.75, 3.05) is 12.8 Å². The van der Waals surface area contributed by atoms with Gasteiger partial charge >= 0.3 is 0 Å². The van der Waals surface area contributed by atoms with Crippen molar-refractivity contribution in [3.63, 3.8) is 0 Å². The van der Waals surface area contributed by atoms with Crippen molar-refractivity contribution >= 4 is 21.7 Å². The Morgan fingerprint density at radius 1 is 1.22 bits per heavy atom. The number of benzene rings is 1. The fourth-order valence-electron chi connectivity index (χ4n) is 3.10. The first-order valence-corrected chi connectivity index (χ1v) is 10.8. The Bertz CT molecular complexity index is 921. The van der Waals surface area contributed by atoms with E-state index in [4.69, 9.17) is 4.42 Å². The number of sulfone groups is 1. The molecule has 1 aromatic carbocycles. The lowest BCUT2D eigenvalue weighted by Gasteiger charge is -2.32. The first-order chi connectivity index (χ1) is 12.8. The average Bonchev–Trinajstić information content (AvgIpc) is 3.06. The Hall–Kier alpha value is -2.61. The maximum atomic E-state index is 12.7. The minimum Gasteiger partial charge on any atom is -0.455 e. The van der Waals surface area contributed by atoms with Crippen molar-refractivity contribution in [1.82, 2.24) is 10.2 Å². The molecule has 8 heteroatoms. The number of amides is 2. The van der Waals surface area contributed by atoms with Crippen LogP contribution in [0.3, 0.4) is 0 Å². The maximum Gasteiger partial charge on any atom is 0.287 e. The number of nitrogens with zero attached hydrogens (tertiary/aromatic N) is 1. The molecule has 1 saturated heterocycles. The lowest BCUT2D eigenvalue weighted by atomic mass is 10.0. The molecule has 0 aliphatic carbocycles. The van der Waals surface area contributed by atoms with Crippen molar-refractivity contribution in [3.8, 4) is 0 Å². The highest BCUT2D eigenvalue weighted by Crippen LogP contribution is 2.17. The number of likely N-dealkylation sites (tertiary alicyclic amines) is 1. The zero-order chi connectivity index (χ0) is 19.4. The van der Waals surface area contributed by atoms with Crippen LogP contribution < -0.4 is 5.32 Å². The summed E-state index contributed by atoms with van der Waals surface area (Å²) in [6, 6.07) is 12.0. The molecule has 1 aliphatic rings. The molecule has 3 rings (SSSR count). The van der Waals surface area contributed by atoms with Gasteiger partial charge in [0.1, 0.15) is 17.6 Å². The van der Waals surface area contributed by atoms with Gasteiger partial charge in [-0.1, -0.05) is 30.3 Å². The Balaban J connectivity index is 1.62. The molecule has 144 valence electrons. The van der Waals surface area contributed by atoms with Gasteiger partial charge in [0.15, 0.2) is 15.6 Å². The summed E-state index contributed by atoms with van der Waals surface area (Å²) in [5.41, 5.74) is 1.04. The number of hydrogen-bond donors (Lipinski definition) is 1. The molecular weight excluding hydrogens is 368 g/mol. The Morgan fingerprint density at radius 2 is 1.96 bits per heavy atom. The number of hydrogen-bond acceptors (Lipinski definition) is 5. The van der Waals surface area contributed by atoms with Crippen molar-refractivity contribution in [1.29, 1.82) is 0 Å². The molecule has 1 aliphatic heterocycles. The van der Waals surface area contributed by atoms with Crippen LogP contribution in [0.1, 0.15) is 34.7 Å². The highest BCUT2D eigenvalue weighted by atomic mass is 32.2. The summed E-state index contributed by atoms with van der Waals surface area (Å²) in [5.74, 6) is -0.714. The molecule has 27 heavy (non-hydrogen) atoms. The predicted octanol–water partition coefficient (Wildman–Crippen LogP) is 1.75. The summed E-state index contributed by atoms with van der Waals surface area (Å²) in [4.78, 5) is 26.8. The molecule has 1 aromatic heterocycles. The van der Waals surface area contributed by atoms with Gasteiger partial charge in [-0.15, -0.1) is 0 Å². The third-order valence-electron chi connectivity index (χ3n) is 4.34. The van der Waals surface area contributed by atoms with E-state index in [1.807, 2.05) is 30.3 Å². The molecule has 0 spiro atoms. The van der Waals surface area contributed by atoms with Gasteiger partial charge in [-0.25, -0.2) is 8.42 Å². The first-order valence-electron chi connectivity index (χ1n) is 8.72. The van der Waals surface area contributed by atoms with Crippen LogP contribution in [0.25, 0.3) is 0 Å². The zero-order valence-corrected chi connectivity index (χ0v) is 15.9. The fourth-order valence-corrected chi connectivity index (χ4v) is 3.77. The smallest absolute Gasteiger partial charge is 0.287 e. The molecule has 1 N–H and O–H groups in total. The second-order valence-corrected chi connectivity index (χ2v) is 8.89. The van der Waals surface area contributed by atoms with Gasteiger partial charge in [0.2, 0.25) is 5.91 Å². The molecule has 2 amide bonds. The Labute approximate surface area is 158 Å². The molecule has 2 aromatic rings. The van der Waals surface area contributed by atoms with Crippen molar-refractivity contribution < 1.29 is 22.4 Å². The minimum atomic E-state index is -3.25. The van der Waals surface area contributed by atoms with E-state index in [1.54, 1.807) is 4.90 Å². The molecule has 7 nitrogen and oxygen atoms in total. The highest BCUT2D eigenvalue weighted by molar-refractivity contribution is 7.89. The van der Waals surface area contributed by atoms with Crippen LogP contribution in [0.5, 0.6) is 0 Å². The number of furan rings is 1. The second kappa shape index (κ2) is 7.96. The van der Waals surface area contributed by atoms with E-state index in [2.05, 4.69) is 5.32 Å². The van der Waals surface area contributed by atoms with Crippen LogP contribution in [0.2, 0.25) is 0 Å². The van der Waals surface area contributed by atoms with E-state index in [-0.39, 0.29) is 23.2 Å². The second-order valence-electron chi connectivity index (χ2n) is 6.75. The first kappa shape index (κ1) is 19.2. The Kier molecular flexibility index (Phi) is 5.65. The molecular formula is C19H22N2O5S. The van der Waals surface area contributed by atoms with Gasteiger partial charge < -0.3 is 14.6 Å². The number of piperidine rings is 1. The minimum absolute atomic E-state index is 0.00151. The highest BCUT2D eigenvalue weighted by Gasteiger charge is 2.30. The summed E-state index contributed by atoms with van der Waals surface area (Å²) in [6.07, 6.45) is 2.45. The number of carbonyl (C=O) groups excluding carboxylic acids is 2. The van der Waals surface area contributed by atoms with E-state index in [0.29, 0.717) is 19.5 Å². The van der Waals surface area contributed by atoms with Gasteiger partial charge in [-0.2, -0.15) is 0 Å². The van der Waals surface area contributed by atoms with E-state index in [1.165, 1.54) is 12.1 Å². The van der Waals surface area contributed by atoms with Crippen LogP contribution in [0, 0.1) is 0 Å². The summed E-state index contributed by atoms with van der Waals surface area (Å²) >= 11 is 0. The van der Waals surface area contributed by atoms with Gasteiger partial charge in [-0.3, -0.25) is 9.59 Å². The number of carbonyl (C=O) groups is 2. The van der Waals surface area contributed by atoms with Crippen LogP contribution in [0.4, 0.5) is 0 Å². The lowest BCUT2D eigenvalue weighted by molar-refractivity contribution is -0.136. The lowest BCUT2D eigenvalue weighted by Crippen LogP contribution is -2.51. The normalized spacial score (nSPS) is 17.7. The van der Waals surface area contributed by atoms with Gasteiger partial charge in [-0.05, 0) is 30.5 Å². The summed E-state index contributed by atoms with van der Waals surface area (Å²) in [7, 11) is -3.25. The van der Waals surface area contributed by atoms with Crippen LogP contribution in [0.15, 0.2) is 46.9 Å². The number of nitrogens with one attached hydrogen (secondary N) is 1. The van der Waals surface area contributed by atoms with Gasteiger partial charge in [0.25, 0.3) is 5.91 Å². The summed E-state index contributed by atoms with van der Waals surface area (Å²) < 4.78 is 27.9.